The van der Waals surface area contributed by atoms with Crippen LogP contribution in [0.3, 0.4) is 0 Å². The van der Waals surface area contributed by atoms with Gasteiger partial charge in [-0.3, -0.25) is 9.48 Å². The standard InChI is InChI=1S/C19H21ClN4O2/c1-4-5-16-10-17(23-26-16)19(25)21-18-12(2)22-24(13(18)3)11-14-6-8-15(20)9-7-14/h6-10H,4-5,11H2,1-3H3,(H,21,25). The van der Waals surface area contributed by atoms with E-state index in [0.29, 0.717) is 23.0 Å². The molecule has 0 spiro atoms. The minimum absolute atomic E-state index is 0.276. The van der Waals surface area contributed by atoms with Gasteiger partial charge in [-0.15, -0.1) is 0 Å². The molecular weight excluding hydrogens is 352 g/mol. The maximum atomic E-state index is 12.5. The number of halogens is 1. The highest BCUT2D eigenvalue weighted by Gasteiger charge is 2.18. The Kier molecular flexibility index (Phi) is 5.42. The Morgan fingerprint density at radius 2 is 2.00 bits per heavy atom. The summed E-state index contributed by atoms with van der Waals surface area (Å²) in [6, 6.07) is 9.30. The Morgan fingerprint density at radius 1 is 1.27 bits per heavy atom. The number of amides is 1. The normalized spacial score (nSPS) is 10.9. The van der Waals surface area contributed by atoms with Crippen LogP contribution in [0.15, 0.2) is 34.9 Å². The lowest BCUT2D eigenvalue weighted by Crippen LogP contribution is -2.13. The molecule has 2 heterocycles. The summed E-state index contributed by atoms with van der Waals surface area (Å²) in [4.78, 5) is 12.5. The van der Waals surface area contributed by atoms with Crippen molar-refractivity contribution in [2.45, 2.75) is 40.2 Å². The minimum atomic E-state index is -0.298. The fraction of sp³-hybridized carbons (Fsp3) is 0.316. The van der Waals surface area contributed by atoms with Crippen LogP contribution in [0.5, 0.6) is 0 Å². The Balaban J connectivity index is 1.76. The minimum Gasteiger partial charge on any atom is -0.361 e. The smallest absolute Gasteiger partial charge is 0.277 e. The van der Waals surface area contributed by atoms with E-state index in [2.05, 4.69) is 15.6 Å². The van der Waals surface area contributed by atoms with Crippen LogP contribution in [0.25, 0.3) is 0 Å². The molecule has 0 saturated carbocycles. The molecule has 2 aromatic heterocycles. The number of aromatic nitrogens is 3. The van der Waals surface area contributed by atoms with Crippen LogP contribution >= 0.6 is 11.6 Å². The summed E-state index contributed by atoms with van der Waals surface area (Å²) in [6.07, 6.45) is 1.70. The third kappa shape index (κ3) is 3.96. The summed E-state index contributed by atoms with van der Waals surface area (Å²) >= 11 is 5.93. The van der Waals surface area contributed by atoms with Crippen molar-refractivity contribution in [3.8, 4) is 0 Å². The molecule has 136 valence electrons. The molecule has 0 bridgehead atoms. The van der Waals surface area contributed by atoms with Crippen molar-refractivity contribution in [1.29, 1.82) is 0 Å². The van der Waals surface area contributed by atoms with Crippen molar-refractivity contribution in [2.24, 2.45) is 0 Å². The van der Waals surface area contributed by atoms with E-state index in [9.17, 15) is 4.79 Å². The fourth-order valence-corrected chi connectivity index (χ4v) is 2.88. The van der Waals surface area contributed by atoms with Crippen LogP contribution < -0.4 is 5.32 Å². The van der Waals surface area contributed by atoms with Crippen LogP contribution in [0.4, 0.5) is 5.69 Å². The monoisotopic (exact) mass is 372 g/mol. The molecule has 0 aliphatic carbocycles. The van der Waals surface area contributed by atoms with Gasteiger partial charge in [0.1, 0.15) is 5.76 Å². The summed E-state index contributed by atoms with van der Waals surface area (Å²) < 4.78 is 7.04. The van der Waals surface area contributed by atoms with E-state index < -0.39 is 0 Å². The molecular formula is C19H21ClN4O2. The number of anilines is 1. The Morgan fingerprint density at radius 3 is 2.69 bits per heavy atom. The van der Waals surface area contributed by atoms with E-state index in [0.717, 1.165) is 29.8 Å². The number of nitrogens with zero attached hydrogens (tertiary/aromatic N) is 3. The van der Waals surface area contributed by atoms with Crippen LogP contribution in [-0.2, 0) is 13.0 Å². The number of carbonyl (C=O) groups excluding carboxylic acids is 1. The predicted molar refractivity (Wildman–Crippen MR) is 101 cm³/mol. The SMILES string of the molecule is CCCc1cc(C(=O)Nc2c(C)nn(Cc3ccc(Cl)cc3)c2C)no1. The first-order valence-corrected chi connectivity index (χ1v) is 8.91. The summed E-state index contributed by atoms with van der Waals surface area (Å²) in [5.74, 6) is 0.415. The molecule has 0 aliphatic heterocycles. The van der Waals surface area contributed by atoms with Crippen molar-refractivity contribution >= 4 is 23.2 Å². The van der Waals surface area contributed by atoms with E-state index in [1.54, 1.807) is 6.07 Å². The molecule has 3 aromatic rings. The summed E-state index contributed by atoms with van der Waals surface area (Å²) in [6.45, 7) is 6.44. The Hall–Kier alpha value is -2.60. The topological polar surface area (TPSA) is 73.0 Å². The second-order valence-corrected chi connectivity index (χ2v) is 6.65. The Labute approximate surface area is 157 Å². The number of aryl methyl sites for hydroxylation is 2. The molecule has 1 N–H and O–H groups in total. The molecule has 0 unspecified atom stereocenters. The summed E-state index contributed by atoms with van der Waals surface area (Å²) in [5.41, 5.74) is 3.69. The number of hydrogen-bond donors (Lipinski definition) is 1. The van der Waals surface area contributed by atoms with Gasteiger partial charge in [0.05, 0.1) is 23.6 Å². The molecule has 0 saturated heterocycles. The molecule has 0 atom stereocenters. The third-order valence-corrected chi connectivity index (χ3v) is 4.41. The molecule has 7 heteroatoms. The number of nitrogens with one attached hydrogen (secondary N) is 1. The van der Waals surface area contributed by atoms with Gasteiger partial charge >= 0.3 is 0 Å². The van der Waals surface area contributed by atoms with Gasteiger partial charge in [0.15, 0.2) is 5.69 Å². The van der Waals surface area contributed by atoms with Gasteiger partial charge in [0.25, 0.3) is 5.91 Å². The average Bonchev–Trinajstić information content (AvgIpc) is 3.18. The first kappa shape index (κ1) is 18.2. The quantitative estimate of drug-likeness (QED) is 0.696. The van der Waals surface area contributed by atoms with Gasteiger partial charge in [-0.1, -0.05) is 35.8 Å². The summed E-state index contributed by atoms with van der Waals surface area (Å²) in [7, 11) is 0. The van der Waals surface area contributed by atoms with Crippen molar-refractivity contribution in [3.05, 3.63) is 63.8 Å². The molecule has 0 radical (unpaired) electrons. The molecule has 1 amide bonds. The van der Waals surface area contributed by atoms with Crippen LogP contribution in [0.1, 0.15) is 46.5 Å². The zero-order valence-corrected chi connectivity index (χ0v) is 15.8. The molecule has 6 nitrogen and oxygen atoms in total. The number of rotatable bonds is 6. The maximum Gasteiger partial charge on any atom is 0.277 e. The average molecular weight is 373 g/mol. The van der Waals surface area contributed by atoms with E-state index in [1.165, 1.54) is 0 Å². The first-order chi connectivity index (χ1) is 12.5. The van der Waals surface area contributed by atoms with Crippen molar-refractivity contribution in [1.82, 2.24) is 14.9 Å². The first-order valence-electron chi connectivity index (χ1n) is 8.53. The van der Waals surface area contributed by atoms with Crippen molar-refractivity contribution in [3.63, 3.8) is 0 Å². The van der Waals surface area contributed by atoms with Crippen LogP contribution in [-0.4, -0.2) is 20.8 Å². The molecule has 26 heavy (non-hydrogen) atoms. The number of carbonyl (C=O) groups is 1. The van der Waals surface area contributed by atoms with E-state index in [1.807, 2.05) is 49.7 Å². The van der Waals surface area contributed by atoms with E-state index in [-0.39, 0.29) is 11.6 Å². The fourth-order valence-electron chi connectivity index (χ4n) is 2.76. The van der Waals surface area contributed by atoms with Gasteiger partial charge in [0.2, 0.25) is 0 Å². The van der Waals surface area contributed by atoms with Crippen molar-refractivity contribution in [2.75, 3.05) is 5.32 Å². The van der Waals surface area contributed by atoms with Crippen molar-refractivity contribution < 1.29 is 9.32 Å². The van der Waals surface area contributed by atoms with Gasteiger partial charge < -0.3 is 9.84 Å². The van der Waals surface area contributed by atoms with Gasteiger partial charge in [-0.2, -0.15) is 5.10 Å². The third-order valence-electron chi connectivity index (χ3n) is 4.15. The second kappa shape index (κ2) is 7.74. The zero-order valence-electron chi connectivity index (χ0n) is 15.0. The second-order valence-electron chi connectivity index (χ2n) is 6.21. The van der Waals surface area contributed by atoms with Crippen LogP contribution in [0, 0.1) is 13.8 Å². The van der Waals surface area contributed by atoms with E-state index >= 15 is 0 Å². The highest BCUT2D eigenvalue weighted by Crippen LogP contribution is 2.22. The lowest BCUT2D eigenvalue weighted by Gasteiger charge is -2.06. The predicted octanol–water partition coefficient (Wildman–Crippen LogP) is 4.39. The lowest BCUT2D eigenvalue weighted by atomic mass is 10.2. The molecule has 3 rings (SSSR count). The van der Waals surface area contributed by atoms with E-state index in [4.69, 9.17) is 16.1 Å². The molecule has 0 aliphatic rings. The molecule has 1 aromatic carbocycles. The molecule has 0 fully saturated rings. The largest absolute Gasteiger partial charge is 0.361 e. The maximum absolute atomic E-state index is 12.5. The highest BCUT2D eigenvalue weighted by atomic mass is 35.5. The number of hydrogen-bond acceptors (Lipinski definition) is 4. The Bertz CT molecular complexity index is 912. The van der Waals surface area contributed by atoms with Gasteiger partial charge in [-0.25, -0.2) is 0 Å². The number of benzene rings is 1. The summed E-state index contributed by atoms with van der Waals surface area (Å²) in [5, 5.41) is 12.0. The zero-order chi connectivity index (χ0) is 18.7. The lowest BCUT2D eigenvalue weighted by molar-refractivity contribution is 0.101. The van der Waals surface area contributed by atoms with Gasteiger partial charge in [-0.05, 0) is 38.0 Å². The van der Waals surface area contributed by atoms with Gasteiger partial charge in [0, 0.05) is 17.5 Å². The highest BCUT2D eigenvalue weighted by molar-refractivity contribution is 6.30. The van der Waals surface area contributed by atoms with Crippen LogP contribution in [0.2, 0.25) is 5.02 Å².